The first kappa shape index (κ1) is 13.2. The maximum absolute atomic E-state index is 4.41. The van der Waals surface area contributed by atoms with Crippen LogP contribution in [-0.2, 0) is 0 Å². The molecule has 0 atom stereocenters. The minimum Gasteiger partial charge on any atom is -0.357 e. The summed E-state index contributed by atoms with van der Waals surface area (Å²) < 4.78 is 1.98. The molecule has 1 saturated carbocycles. The van der Waals surface area contributed by atoms with Gasteiger partial charge in [0.1, 0.15) is 0 Å². The molecule has 1 fully saturated rings. The van der Waals surface area contributed by atoms with Gasteiger partial charge in [-0.05, 0) is 25.2 Å². The minimum atomic E-state index is 0.359. The molecule has 0 unspecified atom stereocenters. The molecule has 0 radical (unpaired) electrons. The van der Waals surface area contributed by atoms with Gasteiger partial charge in [0.05, 0.1) is 0 Å². The zero-order valence-electron chi connectivity index (χ0n) is 11.5. The average Bonchev–Trinajstić information content (AvgIpc) is 3.06. The van der Waals surface area contributed by atoms with Gasteiger partial charge >= 0.3 is 0 Å². The molecule has 0 aliphatic heterocycles. The maximum atomic E-state index is 4.41. The first-order valence-corrected chi connectivity index (χ1v) is 7.70. The van der Waals surface area contributed by atoms with Crippen molar-refractivity contribution in [1.82, 2.24) is 24.7 Å². The summed E-state index contributed by atoms with van der Waals surface area (Å²) in [4.78, 5) is 13.0. The predicted molar refractivity (Wildman–Crippen MR) is 80.5 cm³/mol. The first-order valence-electron chi connectivity index (χ1n) is 6.47. The summed E-state index contributed by atoms with van der Waals surface area (Å²) in [7, 11) is 1.79. The summed E-state index contributed by atoms with van der Waals surface area (Å²) in [5.41, 5.74) is 0. The van der Waals surface area contributed by atoms with Crippen LogP contribution >= 0.6 is 11.8 Å². The third-order valence-electron chi connectivity index (χ3n) is 3.37. The molecule has 2 aromatic rings. The van der Waals surface area contributed by atoms with E-state index in [9.17, 15) is 0 Å². The Hall–Kier alpha value is -1.83. The molecule has 0 amide bonds. The number of aromatic nitrogens is 5. The van der Waals surface area contributed by atoms with Crippen LogP contribution in [0.25, 0.3) is 5.95 Å². The molecule has 0 bridgehead atoms. The van der Waals surface area contributed by atoms with Gasteiger partial charge in [0.2, 0.25) is 11.9 Å². The lowest BCUT2D eigenvalue weighted by molar-refractivity contribution is 0.794. The molecule has 106 valence electrons. The van der Waals surface area contributed by atoms with Crippen LogP contribution in [0.3, 0.4) is 0 Å². The third kappa shape index (κ3) is 2.69. The van der Waals surface area contributed by atoms with E-state index in [2.05, 4.69) is 36.9 Å². The van der Waals surface area contributed by atoms with E-state index in [1.165, 1.54) is 12.8 Å². The SMILES string of the molecule is CNc1nc(NCC2(SC)CC2)nc(-n2cccn2)n1. The number of hydrogen-bond acceptors (Lipinski definition) is 7. The summed E-state index contributed by atoms with van der Waals surface area (Å²) in [6, 6.07) is 1.84. The molecule has 2 heterocycles. The Kier molecular flexibility index (Phi) is 3.47. The monoisotopic (exact) mass is 291 g/mol. The summed E-state index contributed by atoms with van der Waals surface area (Å²) in [5.74, 6) is 1.61. The summed E-state index contributed by atoms with van der Waals surface area (Å²) >= 11 is 1.90. The molecule has 1 aliphatic carbocycles. The van der Waals surface area contributed by atoms with Gasteiger partial charge in [-0.2, -0.15) is 31.8 Å². The van der Waals surface area contributed by atoms with Gasteiger partial charge in [0.25, 0.3) is 5.95 Å². The smallest absolute Gasteiger partial charge is 0.257 e. The number of thioether (sulfide) groups is 1. The molecular formula is C12H17N7S. The summed E-state index contributed by atoms with van der Waals surface area (Å²) in [5, 5.41) is 10.4. The van der Waals surface area contributed by atoms with E-state index in [-0.39, 0.29) is 0 Å². The Labute approximate surface area is 121 Å². The molecule has 2 N–H and O–H groups in total. The van der Waals surface area contributed by atoms with Crippen molar-refractivity contribution >= 4 is 23.7 Å². The predicted octanol–water partition coefficient (Wildman–Crippen LogP) is 1.41. The van der Waals surface area contributed by atoms with Crippen LogP contribution in [0.5, 0.6) is 0 Å². The van der Waals surface area contributed by atoms with Crippen LogP contribution in [0.2, 0.25) is 0 Å². The Morgan fingerprint density at radius 1 is 1.30 bits per heavy atom. The van der Waals surface area contributed by atoms with Gasteiger partial charge in [-0.1, -0.05) is 0 Å². The molecule has 0 aromatic carbocycles. The standard InChI is InChI=1S/C12H17N7S/c1-13-9-16-10(14-8-12(20-2)4-5-12)18-11(17-9)19-7-3-6-15-19/h3,6-7H,4-5,8H2,1-2H3,(H2,13,14,16,17,18). The van der Waals surface area contributed by atoms with Crippen LogP contribution < -0.4 is 10.6 Å². The lowest BCUT2D eigenvalue weighted by Gasteiger charge is -2.13. The number of nitrogens with zero attached hydrogens (tertiary/aromatic N) is 5. The third-order valence-corrected chi connectivity index (χ3v) is 4.78. The van der Waals surface area contributed by atoms with E-state index < -0.39 is 0 Å². The summed E-state index contributed by atoms with van der Waals surface area (Å²) in [6.45, 7) is 0.875. The molecule has 0 spiro atoms. The maximum Gasteiger partial charge on any atom is 0.257 e. The fourth-order valence-corrected chi connectivity index (χ4v) is 2.60. The van der Waals surface area contributed by atoms with E-state index in [4.69, 9.17) is 0 Å². The minimum absolute atomic E-state index is 0.359. The zero-order chi connectivity index (χ0) is 14.0. The van der Waals surface area contributed by atoms with Gasteiger partial charge in [-0.3, -0.25) is 0 Å². The fraction of sp³-hybridized carbons (Fsp3) is 0.500. The second-order valence-electron chi connectivity index (χ2n) is 4.72. The Morgan fingerprint density at radius 3 is 2.70 bits per heavy atom. The second kappa shape index (κ2) is 5.28. The van der Waals surface area contributed by atoms with Crippen molar-refractivity contribution in [2.45, 2.75) is 17.6 Å². The first-order chi connectivity index (χ1) is 9.74. The van der Waals surface area contributed by atoms with Crippen molar-refractivity contribution in [1.29, 1.82) is 0 Å². The molecule has 2 aromatic heterocycles. The topological polar surface area (TPSA) is 80.5 Å². The van der Waals surface area contributed by atoms with Crippen molar-refractivity contribution in [2.75, 3.05) is 30.5 Å². The molecule has 1 aliphatic rings. The highest BCUT2D eigenvalue weighted by atomic mass is 32.2. The van der Waals surface area contributed by atoms with Gasteiger partial charge < -0.3 is 10.6 Å². The van der Waals surface area contributed by atoms with E-state index >= 15 is 0 Å². The zero-order valence-corrected chi connectivity index (χ0v) is 12.3. The Balaban J connectivity index is 1.81. The van der Waals surface area contributed by atoms with Gasteiger partial charge in [0, 0.05) is 30.7 Å². The average molecular weight is 291 g/mol. The lowest BCUT2D eigenvalue weighted by Crippen LogP contribution is -2.20. The number of anilines is 2. The number of hydrogen-bond donors (Lipinski definition) is 2. The van der Waals surface area contributed by atoms with Crippen LogP contribution in [0, 0.1) is 0 Å². The molecule has 3 rings (SSSR count). The number of nitrogens with one attached hydrogen (secondary N) is 2. The lowest BCUT2D eigenvalue weighted by atomic mass is 10.4. The van der Waals surface area contributed by atoms with E-state index in [1.54, 1.807) is 17.9 Å². The van der Waals surface area contributed by atoms with Gasteiger partial charge in [0.15, 0.2) is 0 Å². The highest BCUT2D eigenvalue weighted by Crippen LogP contribution is 2.46. The second-order valence-corrected chi connectivity index (χ2v) is 6.00. The highest BCUT2D eigenvalue weighted by Gasteiger charge is 2.41. The van der Waals surface area contributed by atoms with Crippen molar-refractivity contribution in [3.63, 3.8) is 0 Å². The van der Waals surface area contributed by atoms with Crippen molar-refractivity contribution in [3.8, 4) is 5.95 Å². The van der Waals surface area contributed by atoms with E-state index in [1.807, 2.05) is 24.0 Å². The van der Waals surface area contributed by atoms with Crippen LogP contribution in [0.4, 0.5) is 11.9 Å². The van der Waals surface area contributed by atoms with Gasteiger partial charge in [-0.15, -0.1) is 0 Å². The molecule has 0 saturated heterocycles. The molecule has 20 heavy (non-hydrogen) atoms. The molecule has 7 nitrogen and oxygen atoms in total. The van der Waals surface area contributed by atoms with E-state index in [0.717, 1.165) is 6.54 Å². The summed E-state index contributed by atoms with van der Waals surface area (Å²) in [6.07, 6.45) is 8.15. The van der Waals surface area contributed by atoms with Crippen molar-refractivity contribution in [3.05, 3.63) is 18.5 Å². The fourth-order valence-electron chi connectivity index (χ4n) is 1.88. The van der Waals surface area contributed by atoms with Crippen LogP contribution in [-0.4, -0.2) is 49.3 Å². The quantitative estimate of drug-likeness (QED) is 0.832. The highest BCUT2D eigenvalue weighted by molar-refractivity contribution is 8.00. The normalized spacial score (nSPS) is 15.9. The van der Waals surface area contributed by atoms with Gasteiger partial charge in [-0.25, -0.2) is 4.68 Å². The van der Waals surface area contributed by atoms with Crippen molar-refractivity contribution in [2.24, 2.45) is 0 Å². The number of rotatable bonds is 6. The Morgan fingerprint density at radius 2 is 2.10 bits per heavy atom. The molecule has 8 heteroatoms. The van der Waals surface area contributed by atoms with Crippen molar-refractivity contribution < 1.29 is 0 Å². The molecular weight excluding hydrogens is 274 g/mol. The largest absolute Gasteiger partial charge is 0.357 e. The Bertz CT molecular complexity index is 579. The van der Waals surface area contributed by atoms with E-state index in [0.29, 0.717) is 22.6 Å². The van der Waals surface area contributed by atoms with Crippen LogP contribution in [0.1, 0.15) is 12.8 Å². The van der Waals surface area contributed by atoms with Crippen LogP contribution in [0.15, 0.2) is 18.5 Å².